The van der Waals surface area contributed by atoms with Crippen LogP contribution in [0.25, 0.3) is 0 Å². The Kier molecular flexibility index (Phi) is 25.9. The average Bonchev–Trinajstić information content (AvgIpc) is 2.97. The van der Waals surface area contributed by atoms with Crippen LogP contribution in [0.2, 0.25) is 0 Å². The van der Waals surface area contributed by atoms with Crippen LogP contribution in [0, 0.1) is 5.92 Å². The quantitative estimate of drug-likeness (QED) is 0.0465. The summed E-state index contributed by atoms with van der Waals surface area (Å²) in [5.41, 5.74) is 0. The molecule has 1 aliphatic rings. The molecule has 0 heterocycles. The minimum atomic E-state index is -4.06. The van der Waals surface area contributed by atoms with E-state index in [0.29, 0.717) is 13.2 Å². The molecule has 0 aliphatic heterocycles. The molecule has 0 saturated heterocycles. The van der Waals surface area contributed by atoms with Gasteiger partial charge in [0.25, 0.3) is 0 Å². The number of methoxy groups -OCH3 is 1. The van der Waals surface area contributed by atoms with E-state index in [4.69, 9.17) is 18.5 Å². The lowest BCUT2D eigenvalue weighted by Gasteiger charge is -2.23. The summed E-state index contributed by atoms with van der Waals surface area (Å²) in [5, 5.41) is 0. The SMILES string of the molecule is COC(COCCCCCCCCCCCCC1CCCCC1)COP(=O)(O)OCCCCCCCCCC[N+](C)(C)C. The Morgan fingerprint density at radius 3 is 1.67 bits per heavy atom. The lowest BCUT2D eigenvalue weighted by atomic mass is 9.85. The number of phosphoric acid groups is 1. The maximum atomic E-state index is 12.2. The summed E-state index contributed by atoms with van der Waals surface area (Å²) in [6.45, 7) is 2.50. The zero-order valence-corrected chi connectivity index (χ0v) is 29.9. The Morgan fingerprint density at radius 1 is 0.651 bits per heavy atom. The zero-order chi connectivity index (χ0) is 31.5. The molecular formula is C35H73NO6P+. The van der Waals surface area contributed by atoms with E-state index in [9.17, 15) is 9.46 Å². The fourth-order valence-electron chi connectivity index (χ4n) is 6.07. The largest absolute Gasteiger partial charge is 0.472 e. The number of rotatable bonds is 31. The first-order valence-electron chi connectivity index (χ1n) is 18.2. The molecule has 0 radical (unpaired) electrons. The predicted molar refractivity (Wildman–Crippen MR) is 181 cm³/mol. The molecule has 1 rings (SSSR count). The van der Waals surface area contributed by atoms with Crippen molar-refractivity contribution in [2.24, 2.45) is 5.92 Å². The van der Waals surface area contributed by atoms with Crippen LogP contribution in [0.1, 0.15) is 154 Å². The molecule has 258 valence electrons. The Hall–Kier alpha value is -0.0100. The van der Waals surface area contributed by atoms with Gasteiger partial charge in [0.05, 0.1) is 47.5 Å². The summed E-state index contributed by atoms with van der Waals surface area (Å²) in [4.78, 5) is 9.99. The third-order valence-electron chi connectivity index (χ3n) is 8.91. The van der Waals surface area contributed by atoms with E-state index < -0.39 is 7.82 Å². The smallest absolute Gasteiger partial charge is 0.379 e. The first-order valence-corrected chi connectivity index (χ1v) is 19.7. The van der Waals surface area contributed by atoms with Crippen molar-refractivity contribution in [2.75, 3.05) is 61.2 Å². The normalized spacial score (nSPS) is 16.9. The number of quaternary nitrogens is 1. The highest BCUT2D eigenvalue weighted by Gasteiger charge is 2.23. The molecule has 0 aromatic heterocycles. The molecule has 2 unspecified atom stereocenters. The highest BCUT2D eigenvalue weighted by Crippen LogP contribution is 2.43. The van der Waals surface area contributed by atoms with Crippen LogP contribution in [0.15, 0.2) is 0 Å². The lowest BCUT2D eigenvalue weighted by Crippen LogP contribution is -2.35. The highest BCUT2D eigenvalue weighted by molar-refractivity contribution is 7.47. The number of hydrogen-bond acceptors (Lipinski definition) is 5. The van der Waals surface area contributed by atoms with Gasteiger partial charge in [-0.15, -0.1) is 0 Å². The van der Waals surface area contributed by atoms with Crippen molar-refractivity contribution in [3.05, 3.63) is 0 Å². The molecule has 0 bridgehead atoms. The second kappa shape index (κ2) is 27.1. The molecule has 7 nitrogen and oxygen atoms in total. The van der Waals surface area contributed by atoms with Crippen molar-refractivity contribution >= 4 is 7.82 Å². The Bertz CT molecular complexity index is 653. The minimum Gasteiger partial charge on any atom is -0.379 e. The molecule has 0 aromatic carbocycles. The summed E-state index contributed by atoms with van der Waals surface area (Å²) in [5.74, 6) is 1.04. The molecule has 1 saturated carbocycles. The van der Waals surface area contributed by atoms with Gasteiger partial charge < -0.3 is 18.9 Å². The maximum Gasteiger partial charge on any atom is 0.472 e. The van der Waals surface area contributed by atoms with Crippen molar-refractivity contribution in [3.63, 3.8) is 0 Å². The number of ether oxygens (including phenoxy) is 2. The van der Waals surface area contributed by atoms with E-state index >= 15 is 0 Å². The molecule has 0 aromatic rings. The topological polar surface area (TPSA) is 74.2 Å². The van der Waals surface area contributed by atoms with E-state index in [1.54, 1.807) is 7.11 Å². The lowest BCUT2D eigenvalue weighted by molar-refractivity contribution is -0.870. The fourth-order valence-corrected chi connectivity index (χ4v) is 6.86. The van der Waals surface area contributed by atoms with E-state index in [1.807, 2.05) is 0 Å². The van der Waals surface area contributed by atoms with Crippen molar-refractivity contribution in [1.82, 2.24) is 0 Å². The van der Waals surface area contributed by atoms with Crippen molar-refractivity contribution in [2.45, 2.75) is 160 Å². The molecule has 43 heavy (non-hydrogen) atoms. The van der Waals surface area contributed by atoms with Gasteiger partial charge in [-0.2, -0.15) is 0 Å². The average molecular weight is 635 g/mol. The third kappa shape index (κ3) is 28.0. The standard InChI is InChI=1S/C35H72NO6P/c1-36(2,3)29-23-16-12-8-10-14-18-25-31-41-43(37,38)42-33-35(39-4)32-40-30-24-17-13-9-6-5-7-11-15-20-26-34-27-21-19-22-28-34/h34-35H,5-33H2,1-4H3/p+1. The molecule has 0 spiro atoms. The summed E-state index contributed by atoms with van der Waals surface area (Å²) < 4.78 is 34.7. The Balaban J connectivity index is 1.86. The van der Waals surface area contributed by atoms with Gasteiger partial charge in [-0.1, -0.05) is 128 Å². The maximum absolute atomic E-state index is 12.2. The van der Waals surface area contributed by atoms with Gasteiger partial charge in [0.1, 0.15) is 6.10 Å². The monoisotopic (exact) mass is 635 g/mol. The van der Waals surface area contributed by atoms with E-state index in [2.05, 4.69) is 21.1 Å². The summed E-state index contributed by atoms with van der Waals surface area (Å²) in [6, 6.07) is 0. The zero-order valence-electron chi connectivity index (χ0n) is 29.0. The second-order valence-electron chi connectivity index (χ2n) is 14.2. The van der Waals surface area contributed by atoms with Gasteiger partial charge in [-0.05, 0) is 31.6 Å². The van der Waals surface area contributed by atoms with E-state index in [0.717, 1.165) is 36.1 Å². The molecule has 0 amide bonds. The van der Waals surface area contributed by atoms with Crippen LogP contribution >= 0.6 is 7.82 Å². The molecule has 1 N–H and O–H groups in total. The molecule has 1 fully saturated rings. The van der Waals surface area contributed by atoms with Gasteiger partial charge in [0, 0.05) is 13.7 Å². The predicted octanol–water partition coefficient (Wildman–Crippen LogP) is 9.85. The molecule has 2 atom stereocenters. The van der Waals surface area contributed by atoms with Gasteiger partial charge in [0.2, 0.25) is 0 Å². The summed E-state index contributed by atoms with van der Waals surface area (Å²) >= 11 is 0. The molecule has 1 aliphatic carbocycles. The van der Waals surface area contributed by atoms with E-state index in [1.165, 1.54) is 135 Å². The molecular weight excluding hydrogens is 561 g/mol. The summed E-state index contributed by atoms with van der Waals surface area (Å²) in [6.07, 6.45) is 31.0. The van der Waals surface area contributed by atoms with Crippen LogP contribution in [0.4, 0.5) is 0 Å². The first-order chi connectivity index (χ1) is 20.7. The Labute approximate surface area is 267 Å². The fraction of sp³-hybridized carbons (Fsp3) is 1.00. The van der Waals surface area contributed by atoms with Gasteiger partial charge in [-0.25, -0.2) is 4.57 Å². The van der Waals surface area contributed by atoms with Crippen molar-refractivity contribution in [3.8, 4) is 0 Å². The van der Waals surface area contributed by atoms with Crippen molar-refractivity contribution < 1.29 is 32.5 Å². The summed E-state index contributed by atoms with van der Waals surface area (Å²) in [7, 11) is 4.24. The number of phosphoric ester groups is 1. The first kappa shape index (κ1) is 41.0. The number of unbranched alkanes of at least 4 members (excludes halogenated alkanes) is 16. The van der Waals surface area contributed by atoms with Crippen LogP contribution < -0.4 is 0 Å². The number of hydrogen-bond donors (Lipinski definition) is 1. The second-order valence-corrected chi connectivity index (χ2v) is 15.7. The Morgan fingerprint density at radius 2 is 1.14 bits per heavy atom. The van der Waals surface area contributed by atoms with Gasteiger partial charge in [0.15, 0.2) is 0 Å². The minimum absolute atomic E-state index is 0.0149. The number of nitrogens with zero attached hydrogens (tertiary/aromatic N) is 1. The third-order valence-corrected chi connectivity index (χ3v) is 9.90. The van der Waals surface area contributed by atoms with Gasteiger partial charge in [-0.3, -0.25) is 9.05 Å². The van der Waals surface area contributed by atoms with E-state index in [-0.39, 0.29) is 19.3 Å². The van der Waals surface area contributed by atoms with Crippen molar-refractivity contribution in [1.29, 1.82) is 0 Å². The highest BCUT2D eigenvalue weighted by atomic mass is 31.2. The van der Waals surface area contributed by atoms with Gasteiger partial charge >= 0.3 is 7.82 Å². The molecule has 8 heteroatoms. The van der Waals surface area contributed by atoms with Crippen LogP contribution in [0.5, 0.6) is 0 Å². The van der Waals surface area contributed by atoms with Crippen LogP contribution in [-0.2, 0) is 23.1 Å². The van der Waals surface area contributed by atoms with Crippen LogP contribution in [0.3, 0.4) is 0 Å². The van der Waals surface area contributed by atoms with Crippen LogP contribution in [-0.4, -0.2) is 76.7 Å².